The van der Waals surface area contributed by atoms with Gasteiger partial charge in [-0.15, -0.1) is 0 Å². The second-order valence-corrected chi connectivity index (χ2v) is 5.47. The molecule has 22 heavy (non-hydrogen) atoms. The second kappa shape index (κ2) is 7.61. The normalized spacial score (nSPS) is 11.1. The van der Waals surface area contributed by atoms with Crippen LogP contribution in [0, 0.1) is 6.92 Å². The van der Waals surface area contributed by atoms with Crippen molar-refractivity contribution in [3.63, 3.8) is 0 Å². The van der Waals surface area contributed by atoms with Crippen molar-refractivity contribution in [2.75, 3.05) is 6.61 Å². The molecule has 0 aromatic heterocycles. The Balaban J connectivity index is 1.88. The highest BCUT2D eigenvalue weighted by atomic mass is 79.9. The number of carbonyl (C=O) groups is 1. The maximum Gasteiger partial charge on any atom is 0.394 e. The van der Waals surface area contributed by atoms with Gasteiger partial charge in [-0.3, -0.25) is 10.6 Å². The molecule has 0 amide bonds. The van der Waals surface area contributed by atoms with E-state index in [4.69, 9.17) is 15.3 Å². The zero-order chi connectivity index (χ0) is 15.9. The highest BCUT2D eigenvalue weighted by Gasteiger charge is 2.09. The zero-order valence-corrected chi connectivity index (χ0v) is 13.6. The van der Waals surface area contributed by atoms with Crippen molar-refractivity contribution in [2.45, 2.75) is 6.92 Å². The number of ether oxygens (including phenoxy) is 1. The third-order valence-electron chi connectivity index (χ3n) is 2.87. The highest BCUT2D eigenvalue weighted by molar-refractivity contribution is 9.10. The molecule has 0 radical (unpaired) electrons. The molecule has 3 N–H and O–H groups in total. The average molecular weight is 364 g/mol. The molecule has 0 bridgehead atoms. The van der Waals surface area contributed by atoms with Crippen molar-refractivity contribution < 1.29 is 19.5 Å². The van der Waals surface area contributed by atoms with Crippen LogP contribution in [0.1, 0.15) is 11.1 Å². The van der Waals surface area contributed by atoms with Gasteiger partial charge in [0.1, 0.15) is 5.75 Å². The van der Waals surface area contributed by atoms with Crippen molar-refractivity contribution >= 4 is 27.7 Å². The fourth-order valence-electron chi connectivity index (χ4n) is 1.68. The number of para-hydroxylation sites is 1. The minimum atomic E-state index is -0.566. The molecule has 0 saturated heterocycles. The summed E-state index contributed by atoms with van der Waals surface area (Å²) in [5, 5.41) is 2.42. The summed E-state index contributed by atoms with van der Waals surface area (Å²) in [6, 6.07) is 14.7. The summed E-state index contributed by atoms with van der Waals surface area (Å²) in [5.41, 5.74) is 7.46. The summed E-state index contributed by atoms with van der Waals surface area (Å²) in [4.78, 5) is 16.5. The lowest BCUT2D eigenvalue weighted by atomic mass is 10.2. The van der Waals surface area contributed by atoms with Crippen LogP contribution in [0.4, 0.5) is 0 Å². The van der Waals surface area contributed by atoms with Gasteiger partial charge in [-0.05, 0) is 42.8 Å². The molecule has 0 aliphatic carbocycles. The molecule has 2 rings (SSSR count). The molecule has 0 spiro atoms. The molecule has 6 heteroatoms. The Kier molecular flexibility index (Phi) is 5.55. The van der Waals surface area contributed by atoms with Crippen molar-refractivity contribution in [1.29, 1.82) is 0 Å². The third-order valence-corrected chi connectivity index (χ3v) is 3.40. The smallest absolute Gasteiger partial charge is 0.394 e. The first-order chi connectivity index (χ1) is 10.6. The molecule has 0 aliphatic heterocycles. The Morgan fingerprint density at radius 2 is 1.86 bits per heavy atom. The number of amidine groups is 1. The van der Waals surface area contributed by atoms with Gasteiger partial charge in [0.15, 0.2) is 6.61 Å². The van der Waals surface area contributed by atoms with Gasteiger partial charge in [-0.2, -0.15) is 0 Å². The number of nitrogens with two attached hydrogens (primary N) is 1. The van der Waals surface area contributed by atoms with Crippen LogP contribution in [0.3, 0.4) is 0 Å². The standard InChI is InChI=1S/C16H15BrN2O3/c1-11-4-2-3-5-14(11)21-10-15(20)22-19-16(18)12-6-8-13(17)9-7-12/h2-9H,10H2,1H3,(H2,18,19)/p+1. The van der Waals surface area contributed by atoms with Crippen LogP contribution in [0.15, 0.2) is 53.0 Å². The number of hydrogen-bond donors (Lipinski definition) is 2. The van der Waals surface area contributed by atoms with Gasteiger partial charge < -0.3 is 4.74 Å². The molecule has 5 nitrogen and oxygen atoms in total. The van der Waals surface area contributed by atoms with Gasteiger partial charge in [0, 0.05) is 4.47 Å². The summed E-state index contributed by atoms with van der Waals surface area (Å²) in [6.07, 6.45) is 0. The van der Waals surface area contributed by atoms with Crippen LogP contribution in [-0.2, 0) is 9.63 Å². The average Bonchev–Trinajstić information content (AvgIpc) is 2.52. The van der Waals surface area contributed by atoms with Gasteiger partial charge in [-0.1, -0.05) is 39.3 Å². The molecular formula is C16H16BrN2O3+. The van der Waals surface area contributed by atoms with E-state index in [1.54, 1.807) is 18.2 Å². The van der Waals surface area contributed by atoms with E-state index in [9.17, 15) is 4.79 Å². The van der Waals surface area contributed by atoms with Gasteiger partial charge in [0.05, 0.1) is 5.56 Å². The third kappa shape index (κ3) is 4.60. The molecule has 0 saturated carbocycles. The number of halogens is 1. The molecule has 0 atom stereocenters. The second-order valence-electron chi connectivity index (χ2n) is 4.55. The van der Waals surface area contributed by atoms with Gasteiger partial charge in [0.2, 0.25) is 0 Å². The van der Waals surface area contributed by atoms with E-state index in [2.05, 4.69) is 21.1 Å². The summed E-state index contributed by atoms with van der Waals surface area (Å²) >= 11 is 3.33. The van der Waals surface area contributed by atoms with E-state index in [-0.39, 0.29) is 12.4 Å². The number of carbonyl (C=O) groups excluding carboxylic acids is 1. The molecule has 2 aromatic rings. The molecule has 114 valence electrons. The van der Waals surface area contributed by atoms with Crippen LogP contribution in [0.2, 0.25) is 0 Å². The fraction of sp³-hybridized carbons (Fsp3) is 0.125. The predicted molar refractivity (Wildman–Crippen MR) is 86.2 cm³/mol. The Morgan fingerprint density at radius 1 is 1.18 bits per heavy atom. The highest BCUT2D eigenvalue weighted by Crippen LogP contribution is 2.15. The Labute approximate surface area is 136 Å². The lowest BCUT2D eigenvalue weighted by molar-refractivity contribution is -0.724. The van der Waals surface area contributed by atoms with Crippen LogP contribution >= 0.6 is 15.9 Å². The molecule has 0 heterocycles. The summed E-state index contributed by atoms with van der Waals surface area (Å²) in [5.74, 6) is 0.323. The lowest BCUT2D eigenvalue weighted by Crippen LogP contribution is -2.76. The molecule has 0 fully saturated rings. The number of rotatable bonds is 5. The van der Waals surface area contributed by atoms with E-state index in [0.29, 0.717) is 5.75 Å². The predicted octanol–water partition coefficient (Wildman–Crippen LogP) is 1.08. The monoisotopic (exact) mass is 363 g/mol. The number of nitrogens with one attached hydrogen (secondary N) is 1. The Morgan fingerprint density at radius 3 is 2.55 bits per heavy atom. The van der Waals surface area contributed by atoms with Crippen molar-refractivity contribution in [2.24, 2.45) is 5.73 Å². The SMILES string of the molecule is Cc1ccccc1OCC(=O)O[NH+]=C(N)c1ccc(Br)cc1. The van der Waals surface area contributed by atoms with E-state index in [0.717, 1.165) is 15.6 Å². The molecule has 0 aliphatic rings. The first-order valence-electron chi connectivity index (χ1n) is 6.59. The van der Waals surface area contributed by atoms with Crippen molar-refractivity contribution in [3.8, 4) is 5.75 Å². The van der Waals surface area contributed by atoms with Crippen LogP contribution < -0.4 is 15.6 Å². The van der Waals surface area contributed by atoms with Crippen LogP contribution in [-0.4, -0.2) is 18.4 Å². The maximum atomic E-state index is 11.6. The first-order valence-corrected chi connectivity index (χ1v) is 7.38. The minimum absolute atomic E-state index is 0.203. The lowest BCUT2D eigenvalue weighted by Gasteiger charge is -2.06. The summed E-state index contributed by atoms with van der Waals surface area (Å²) in [6.45, 7) is 1.70. The summed E-state index contributed by atoms with van der Waals surface area (Å²) in [7, 11) is 0. The number of aryl methyl sites for hydroxylation is 1. The van der Waals surface area contributed by atoms with E-state index in [1.807, 2.05) is 37.3 Å². The van der Waals surface area contributed by atoms with Crippen LogP contribution in [0.5, 0.6) is 5.75 Å². The Hall–Kier alpha value is -2.34. The molecule has 0 unspecified atom stereocenters. The number of benzene rings is 2. The van der Waals surface area contributed by atoms with Crippen molar-refractivity contribution in [1.82, 2.24) is 0 Å². The van der Waals surface area contributed by atoms with Gasteiger partial charge in [0.25, 0.3) is 0 Å². The zero-order valence-electron chi connectivity index (χ0n) is 12.0. The van der Waals surface area contributed by atoms with Crippen molar-refractivity contribution in [3.05, 3.63) is 64.1 Å². The minimum Gasteiger partial charge on any atom is -0.481 e. The van der Waals surface area contributed by atoms with E-state index < -0.39 is 5.97 Å². The molecule has 2 aromatic carbocycles. The number of nitrogen functional groups attached to an aromatic ring is 1. The molecular weight excluding hydrogens is 348 g/mol. The first kappa shape index (κ1) is 16.0. The topological polar surface area (TPSA) is 75.5 Å². The largest absolute Gasteiger partial charge is 0.481 e. The summed E-state index contributed by atoms with van der Waals surface area (Å²) < 4.78 is 6.32. The Bertz CT molecular complexity index is 684. The van der Waals surface area contributed by atoms with E-state index >= 15 is 0 Å². The quantitative estimate of drug-likeness (QED) is 0.360. The van der Waals surface area contributed by atoms with Gasteiger partial charge in [-0.25, -0.2) is 4.79 Å². The van der Waals surface area contributed by atoms with Gasteiger partial charge >= 0.3 is 11.8 Å². The maximum absolute atomic E-state index is 11.6. The fourth-order valence-corrected chi connectivity index (χ4v) is 1.95. The number of hydrogen-bond acceptors (Lipinski definition) is 3. The van der Waals surface area contributed by atoms with E-state index in [1.165, 1.54) is 0 Å². The van der Waals surface area contributed by atoms with Crippen LogP contribution in [0.25, 0.3) is 0 Å².